The Kier molecular flexibility index (Phi) is 11.2. The first-order chi connectivity index (χ1) is 7.36. The maximum absolute atomic E-state index is 10.7. The average Bonchev–Trinajstić information content (AvgIpc) is 2.34. The third-order valence-corrected chi connectivity index (χ3v) is 1.54. The molecule has 0 saturated carbocycles. The number of pyridine rings is 1. The average molecular weight is 306 g/mol. The van der Waals surface area contributed by atoms with Crippen LogP contribution in [0, 0.1) is 13.5 Å². The third-order valence-electron chi connectivity index (χ3n) is 1.54. The van der Waals surface area contributed by atoms with E-state index in [1.165, 1.54) is 0 Å². The predicted octanol–water partition coefficient (Wildman–Crippen LogP) is 2.11. The quantitative estimate of drug-likeness (QED) is 0.821. The van der Waals surface area contributed by atoms with E-state index in [0.29, 0.717) is 5.82 Å². The van der Waals surface area contributed by atoms with Crippen molar-refractivity contribution in [1.29, 1.82) is 0 Å². The largest absolute Gasteiger partial charge is 0.362 e. The van der Waals surface area contributed by atoms with Gasteiger partial charge in [0.1, 0.15) is 0 Å². The number of aromatic amines is 1. The maximum Gasteiger partial charge on any atom is 0.155 e. The number of nitrogens with zero attached hydrogens (tertiary/aromatic N) is 2. The first-order valence-corrected chi connectivity index (χ1v) is 4.74. The minimum atomic E-state index is -0.250. The Labute approximate surface area is 127 Å². The van der Waals surface area contributed by atoms with Crippen LogP contribution < -0.4 is 5.56 Å². The SMILES string of the molecule is CC.O=c1[c-]cc(-c2ncccn2)c[nH]1.[CH3-].[Y]. The number of nitrogens with one attached hydrogen (secondary N) is 1. The van der Waals surface area contributed by atoms with Gasteiger partial charge in [-0.3, -0.25) is 14.8 Å². The second-order valence-corrected chi connectivity index (χ2v) is 2.43. The van der Waals surface area contributed by atoms with E-state index < -0.39 is 0 Å². The molecule has 2 aromatic rings. The molecule has 0 amide bonds. The molecule has 89 valence electrons. The van der Waals surface area contributed by atoms with Crippen molar-refractivity contribution in [2.24, 2.45) is 0 Å². The van der Waals surface area contributed by atoms with Gasteiger partial charge in [-0.15, -0.1) is 5.56 Å². The Morgan fingerprint density at radius 3 is 2.29 bits per heavy atom. The van der Waals surface area contributed by atoms with Gasteiger partial charge in [0.15, 0.2) is 5.56 Å². The van der Waals surface area contributed by atoms with Crippen molar-refractivity contribution in [2.75, 3.05) is 0 Å². The van der Waals surface area contributed by atoms with Gasteiger partial charge in [-0.2, -0.15) is 6.07 Å². The van der Waals surface area contributed by atoms with Crippen LogP contribution >= 0.6 is 0 Å². The standard InChI is InChI=1S/C9H6N3O.C2H6.CH3.Y/c13-8-3-2-7(6-12-8)9-10-4-1-5-11-9;1-2;;/h1-2,4-6H,(H,12,13);1-2H3;1H3;/q-1;;-1;. The second-order valence-electron chi connectivity index (χ2n) is 2.43. The number of hydrogen-bond acceptors (Lipinski definition) is 3. The van der Waals surface area contributed by atoms with Crippen molar-refractivity contribution in [3.8, 4) is 11.4 Å². The van der Waals surface area contributed by atoms with Crippen molar-refractivity contribution >= 4 is 0 Å². The summed E-state index contributed by atoms with van der Waals surface area (Å²) in [6.45, 7) is 4.00. The molecule has 0 unspecified atom stereocenters. The molecule has 5 heteroatoms. The van der Waals surface area contributed by atoms with Crippen LogP contribution in [0.15, 0.2) is 35.5 Å². The van der Waals surface area contributed by atoms with Gasteiger partial charge in [-0.25, -0.2) is 6.07 Å². The van der Waals surface area contributed by atoms with E-state index in [0.717, 1.165) is 5.56 Å². The topological polar surface area (TPSA) is 58.6 Å². The molecular formula is C12H15N3OY-2. The van der Waals surface area contributed by atoms with E-state index >= 15 is 0 Å². The molecule has 17 heavy (non-hydrogen) atoms. The molecule has 0 spiro atoms. The number of H-pyrrole nitrogens is 1. The van der Waals surface area contributed by atoms with Crippen LogP contribution in [0.1, 0.15) is 13.8 Å². The number of hydrogen-bond donors (Lipinski definition) is 1. The Morgan fingerprint density at radius 2 is 1.82 bits per heavy atom. The fraction of sp³-hybridized carbons (Fsp3) is 0.167. The predicted molar refractivity (Wildman–Crippen MR) is 64.7 cm³/mol. The molecule has 0 bridgehead atoms. The van der Waals surface area contributed by atoms with E-state index in [2.05, 4.69) is 21.0 Å². The van der Waals surface area contributed by atoms with Crippen molar-refractivity contribution < 1.29 is 32.7 Å². The molecular weight excluding hydrogens is 291 g/mol. The first-order valence-electron chi connectivity index (χ1n) is 4.74. The molecule has 2 aromatic heterocycles. The molecule has 1 N–H and O–H groups in total. The summed E-state index contributed by atoms with van der Waals surface area (Å²) in [5, 5.41) is 0. The summed E-state index contributed by atoms with van der Waals surface area (Å²) < 4.78 is 0. The molecule has 0 atom stereocenters. The molecule has 0 aliphatic carbocycles. The third kappa shape index (κ3) is 5.84. The van der Waals surface area contributed by atoms with E-state index in [-0.39, 0.29) is 45.7 Å². The zero-order valence-corrected chi connectivity index (χ0v) is 13.1. The summed E-state index contributed by atoms with van der Waals surface area (Å²) in [4.78, 5) is 21.3. The zero-order chi connectivity index (χ0) is 11.1. The molecule has 0 aliphatic rings. The van der Waals surface area contributed by atoms with Gasteiger partial charge in [0.05, 0.1) is 5.82 Å². The minimum Gasteiger partial charge on any atom is -0.362 e. The van der Waals surface area contributed by atoms with Crippen molar-refractivity contribution in [3.63, 3.8) is 0 Å². The molecule has 0 aliphatic heterocycles. The van der Waals surface area contributed by atoms with Gasteiger partial charge in [0.2, 0.25) is 0 Å². The molecule has 0 fully saturated rings. The fourth-order valence-corrected chi connectivity index (χ4v) is 0.947. The number of rotatable bonds is 1. The Bertz CT molecular complexity index is 436. The van der Waals surface area contributed by atoms with E-state index in [1.54, 1.807) is 30.7 Å². The van der Waals surface area contributed by atoms with Crippen LogP contribution in [0.2, 0.25) is 0 Å². The van der Waals surface area contributed by atoms with Crippen molar-refractivity contribution in [3.05, 3.63) is 54.6 Å². The number of aromatic nitrogens is 3. The van der Waals surface area contributed by atoms with Crippen molar-refractivity contribution in [1.82, 2.24) is 15.0 Å². The van der Waals surface area contributed by atoms with Gasteiger partial charge in [-0.05, 0) is 6.07 Å². The molecule has 2 heterocycles. The second kappa shape index (κ2) is 10.3. The summed E-state index contributed by atoms with van der Waals surface area (Å²) in [6.07, 6.45) is 4.86. The van der Waals surface area contributed by atoms with Crippen LogP contribution in [0.4, 0.5) is 0 Å². The molecule has 1 radical (unpaired) electrons. The zero-order valence-electron chi connectivity index (χ0n) is 10.3. The van der Waals surface area contributed by atoms with Gasteiger partial charge < -0.3 is 12.4 Å². The van der Waals surface area contributed by atoms with Crippen LogP contribution in [-0.4, -0.2) is 15.0 Å². The Morgan fingerprint density at radius 1 is 1.24 bits per heavy atom. The Hall–Kier alpha value is -0.866. The molecule has 0 saturated heterocycles. The maximum atomic E-state index is 10.7. The van der Waals surface area contributed by atoms with Crippen LogP contribution in [0.3, 0.4) is 0 Å². The smallest absolute Gasteiger partial charge is 0.155 e. The van der Waals surface area contributed by atoms with E-state index in [4.69, 9.17) is 0 Å². The molecule has 4 nitrogen and oxygen atoms in total. The fourth-order valence-electron chi connectivity index (χ4n) is 0.947. The van der Waals surface area contributed by atoms with Gasteiger partial charge in [0, 0.05) is 45.1 Å². The normalized spacial score (nSPS) is 7.88. The molecule has 0 aromatic carbocycles. The van der Waals surface area contributed by atoms with Crippen molar-refractivity contribution in [2.45, 2.75) is 13.8 Å². The van der Waals surface area contributed by atoms with Crippen LogP contribution in [-0.2, 0) is 32.7 Å². The summed E-state index contributed by atoms with van der Waals surface area (Å²) >= 11 is 0. The van der Waals surface area contributed by atoms with E-state index in [1.807, 2.05) is 13.8 Å². The van der Waals surface area contributed by atoms with Gasteiger partial charge >= 0.3 is 0 Å². The Balaban J connectivity index is 0. The summed E-state index contributed by atoms with van der Waals surface area (Å²) in [5.74, 6) is 0.579. The summed E-state index contributed by atoms with van der Waals surface area (Å²) in [5.41, 5.74) is 0.500. The van der Waals surface area contributed by atoms with Crippen LogP contribution in [0.5, 0.6) is 0 Å². The minimum absolute atomic E-state index is 0. The van der Waals surface area contributed by atoms with Gasteiger partial charge in [-0.1, -0.05) is 20.0 Å². The molecule has 2 rings (SSSR count). The van der Waals surface area contributed by atoms with Gasteiger partial charge in [0.25, 0.3) is 0 Å². The summed E-state index contributed by atoms with van der Waals surface area (Å²) in [6, 6.07) is 5.81. The summed E-state index contributed by atoms with van der Waals surface area (Å²) in [7, 11) is 0. The first kappa shape index (κ1) is 18.5. The van der Waals surface area contributed by atoms with E-state index in [9.17, 15) is 4.79 Å². The van der Waals surface area contributed by atoms with Crippen LogP contribution in [0.25, 0.3) is 11.4 Å². The monoisotopic (exact) mass is 306 g/mol.